The summed E-state index contributed by atoms with van der Waals surface area (Å²) in [5.74, 6) is 0.780. The molecule has 0 saturated carbocycles. The summed E-state index contributed by atoms with van der Waals surface area (Å²) in [6.45, 7) is 4.66. The van der Waals surface area contributed by atoms with Crippen molar-refractivity contribution in [2.24, 2.45) is 0 Å². The highest BCUT2D eigenvalue weighted by atomic mass is 16.5. The Morgan fingerprint density at radius 1 is 1.33 bits per heavy atom. The monoisotopic (exact) mass is 288 g/mol. The topological polar surface area (TPSA) is 64.3 Å². The number of aliphatic hydroxyl groups excluding tert-OH is 1. The summed E-state index contributed by atoms with van der Waals surface area (Å²) in [5.41, 5.74) is 1.25. The van der Waals surface area contributed by atoms with Gasteiger partial charge in [0.05, 0.1) is 25.6 Å². The van der Waals surface area contributed by atoms with Gasteiger partial charge in [0.2, 0.25) is 0 Å². The molecule has 0 amide bonds. The molecule has 0 fully saturated rings. The number of hydrogen-bond donors (Lipinski definition) is 1. The maximum Gasteiger partial charge on any atom is 0.253 e. The lowest BCUT2D eigenvalue weighted by Gasteiger charge is -2.13. The smallest absolute Gasteiger partial charge is 0.253 e. The molecule has 0 aliphatic heterocycles. The molecule has 0 spiro atoms. The van der Waals surface area contributed by atoms with E-state index in [-0.39, 0.29) is 12.1 Å². The third-order valence-electron chi connectivity index (χ3n) is 3.12. The predicted octanol–water partition coefficient (Wildman–Crippen LogP) is 2.07. The van der Waals surface area contributed by atoms with Gasteiger partial charge in [-0.05, 0) is 31.0 Å². The van der Waals surface area contributed by atoms with Crippen molar-refractivity contribution in [3.05, 3.63) is 58.3 Å². The lowest BCUT2D eigenvalue weighted by atomic mass is 10.1. The second kappa shape index (κ2) is 7.04. The predicted molar refractivity (Wildman–Crippen MR) is 80.4 cm³/mol. The molecule has 2 rings (SSSR count). The van der Waals surface area contributed by atoms with Gasteiger partial charge in [0, 0.05) is 11.8 Å². The van der Waals surface area contributed by atoms with Crippen molar-refractivity contribution < 1.29 is 9.84 Å². The summed E-state index contributed by atoms with van der Waals surface area (Å²) in [6.07, 6.45) is 1.65. The zero-order valence-corrected chi connectivity index (χ0v) is 12.3. The molecule has 0 bridgehead atoms. The van der Waals surface area contributed by atoms with Gasteiger partial charge in [-0.1, -0.05) is 19.1 Å². The Bertz CT molecular complexity index is 635. The van der Waals surface area contributed by atoms with Gasteiger partial charge in [-0.15, -0.1) is 0 Å². The highest BCUT2D eigenvalue weighted by Gasteiger charge is 2.10. The van der Waals surface area contributed by atoms with Crippen LogP contribution in [0.25, 0.3) is 0 Å². The van der Waals surface area contributed by atoms with Crippen LogP contribution in [0.3, 0.4) is 0 Å². The van der Waals surface area contributed by atoms with E-state index in [9.17, 15) is 9.90 Å². The number of aromatic nitrogens is 2. The number of benzene rings is 1. The van der Waals surface area contributed by atoms with Crippen molar-refractivity contribution in [3.63, 3.8) is 0 Å². The molecule has 1 N–H and O–H groups in total. The highest BCUT2D eigenvalue weighted by Crippen LogP contribution is 2.19. The summed E-state index contributed by atoms with van der Waals surface area (Å²) in [4.78, 5) is 15.8. The van der Waals surface area contributed by atoms with Crippen molar-refractivity contribution in [2.45, 2.75) is 32.9 Å². The first-order chi connectivity index (χ1) is 10.1. The Morgan fingerprint density at radius 3 is 2.67 bits per heavy atom. The number of rotatable bonds is 6. The molecule has 5 heteroatoms. The lowest BCUT2D eigenvalue weighted by molar-refractivity contribution is 0.154. The Labute approximate surface area is 123 Å². The second-order valence-corrected chi connectivity index (χ2v) is 4.95. The van der Waals surface area contributed by atoms with Crippen molar-refractivity contribution in [3.8, 4) is 5.75 Å². The fourth-order valence-corrected chi connectivity index (χ4v) is 1.95. The van der Waals surface area contributed by atoms with E-state index in [1.807, 2.05) is 31.2 Å². The van der Waals surface area contributed by atoms with Gasteiger partial charge in [-0.2, -0.15) is 0 Å². The summed E-state index contributed by atoms with van der Waals surface area (Å²) in [7, 11) is 0. The van der Waals surface area contributed by atoms with Crippen molar-refractivity contribution >= 4 is 0 Å². The van der Waals surface area contributed by atoms with Crippen LogP contribution in [-0.4, -0.2) is 21.3 Å². The van der Waals surface area contributed by atoms with Crippen LogP contribution >= 0.6 is 0 Å². The van der Waals surface area contributed by atoms with Crippen LogP contribution in [0, 0.1) is 6.92 Å². The molecule has 0 saturated heterocycles. The summed E-state index contributed by atoms with van der Waals surface area (Å²) >= 11 is 0. The van der Waals surface area contributed by atoms with Crippen molar-refractivity contribution in [2.75, 3.05) is 6.61 Å². The van der Waals surface area contributed by atoms with Gasteiger partial charge in [-0.3, -0.25) is 9.36 Å². The van der Waals surface area contributed by atoms with Crippen LogP contribution < -0.4 is 10.3 Å². The Balaban J connectivity index is 2.05. The molecular formula is C16H20N2O3. The fraction of sp³-hybridized carbons (Fsp3) is 0.375. The molecule has 1 heterocycles. The molecule has 0 aliphatic carbocycles. The molecule has 1 unspecified atom stereocenters. The number of ether oxygens (including phenoxy) is 1. The third kappa shape index (κ3) is 4.16. The van der Waals surface area contributed by atoms with E-state index in [1.54, 1.807) is 6.92 Å². The van der Waals surface area contributed by atoms with Crippen LogP contribution in [0.1, 0.15) is 30.7 Å². The summed E-state index contributed by atoms with van der Waals surface area (Å²) < 4.78 is 6.90. The summed E-state index contributed by atoms with van der Waals surface area (Å²) in [5, 5.41) is 10.2. The number of aliphatic hydroxyl groups is 1. The van der Waals surface area contributed by atoms with Gasteiger partial charge in [0.15, 0.2) is 0 Å². The number of nitrogens with zero attached hydrogens (tertiary/aromatic N) is 2. The molecule has 21 heavy (non-hydrogen) atoms. The SMILES string of the molecule is CCCOc1ccc(C(O)Cn2cnc(C)cc2=O)cc1. The van der Waals surface area contributed by atoms with E-state index in [1.165, 1.54) is 17.0 Å². The minimum Gasteiger partial charge on any atom is -0.494 e. The highest BCUT2D eigenvalue weighted by molar-refractivity contribution is 5.28. The average molecular weight is 288 g/mol. The molecule has 1 aromatic heterocycles. The van der Waals surface area contributed by atoms with E-state index in [2.05, 4.69) is 4.98 Å². The maximum absolute atomic E-state index is 11.8. The number of hydrogen-bond acceptors (Lipinski definition) is 4. The van der Waals surface area contributed by atoms with Gasteiger partial charge >= 0.3 is 0 Å². The Morgan fingerprint density at radius 2 is 2.05 bits per heavy atom. The third-order valence-corrected chi connectivity index (χ3v) is 3.12. The van der Waals surface area contributed by atoms with Gasteiger partial charge in [-0.25, -0.2) is 4.98 Å². The molecule has 2 aromatic rings. The van der Waals surface area contributed by atoms with Crippen molar-refractivity contribution in [1.82, 2.24) is 9.55 Å². The van der Waals surface area contributed by atoms with Gasteiger partial charge < -0.3 is 9.84 Å². The van der Waals surface area contributed by atoms with E-state index in [4.69, 9.17) is 4.74 Å². The molecular weight excluding hydrogens is 268 g/mol. The standard InChI is InChI=1S/C16H20N2O3/c1-3-8-21-14-6-4-13(5-7-14)15(19)10-18-11-17-12(2)9-16(18)20/h4-7,9,11,15,19H,3,8,10H2,1-2H3. The first-order valence-electron chi connectivity index (χ1n) is 7.04. The van der Waals surface area contributed by atoms with E-state index in [0.717, 1.165) is 17.7 Å². The van der Waals surface area contributed by atoms with Crippen LogP contribution in [0.15, 0.2) is 41.5 Å². The summed E-state index contributed by atoms with van der Waals surface area (Å²) in [6, 6.07) is 8.72. The second-order valence-electron chi connectivity index (χ2n) is 4.95. The first kappa shape index (κ1) is 15.3. The first-order valence-corrected chi connectivity index (χ1v) is 7.04. The Hall–Kier alpha value is -2.14. The maximum atomic E-state index is 11.8. The van der Waals surface area contributed by atoms with Gasteiger partial charge in [0.25, 0.3) is 5.56 Å². The fourth-order valence-electron chi connectivity index (χ4n) is 1.95. The normalized spacial score (nSPS) is 12.1. The van der Waals surface area contributed by atoms with E-state index >= 15 is 0 Å². The van der Waals surface area contributed by atoms with Crippen LogP contribution in [0.5, 0.6) is 5.75 Å². The van der Waals surface area contributed by atoms with E-state index in [0.29, 0.717) is 12.3 Å². The molecule has 1 aromatic carbocycles. The molecule has 5 nitrogen and oxygen atoms in total. The zero-order valence-electron chi connectivity index (χ0n) is 12.3. The quantitative estimate of drug-likeness (QED) is 0.884. The van der Waals surface area contributed by atoms with Crippen LogP contribution in [-0.2, 0) is 6.54 Å². The minimum atomic E-state index is -0.757. The lowest BCUT2D eigenvalue weighted by Crippen LogP contribution is -2.23. The van der Waals surface area contributed by atoms with Crippen LogP contribution in [0.2, 0.25) is 0 Å². The molecule has 0 aliphatic rings. The van der Waals surface area contributed by atoms with Crippen LogP contribution in [0.4, 0.5) is 0 Å². The Kier molecular flexibility index (Phi) is 5.11. The van der Waals surface area contributed by atoms with Gasteiger partial charge in [0.1, 0.15) is 5.75 Å². The zero-order chi connectivity index (χ0) is 15.2. The largest absolute Gasteiger partial charge is 0.494 e. The van der Waals surface area contributed by atoms with E-state index < -0.39 is 6.10 Å². The number of aryl methyl sites for hydroxylation is 1. The molecule has 112 valence electrons. The minimum absolute atomic E-state index is 0.163. The molecule has 1 atom stereocenters. The molecule has 0 radical (unpaired) electrons. The van der Waals surface area contributed by atoms with Crippen molar-refractivity contribution in [1.29, 1.82) is 0 Å². The average Bonchev–Trinajstić information content (AvgIpc) is 2.48.